The molecule has 7 aromatic carbocycles. The van der Waals surface area contributed by atoms with Crippen LogP contribution in [0.4, 0.5) is 0 Å². The predicted octanol–water partition coefficient (Wildman–Crippen LogP) is 31.0. The van der Waals surface area contributed by atoms with Crippen LogP contribution in [-0.4, -0.2) is 61.5 Å². The molecule has 0 saturated heterocycles. The highest BCUT2D eigenvalue weighted by molar-refractivity contribution is 5.79. The summed E-state index contributed by atoms with van der Waals surface area (Å²) in [5.74, 6) is 2.59. The normalized spacial score (nSPS) is 12.9. The smallest absolute Gasteiger partial charge is 0.306 e. The lowest BCUT2D eigenvalue weighted by molar-refractivity contribution is -0.143. The SMILES string of the molecule is CC(C)(C)c1cc(CCC(=O)CCCCCCCNC(=O)CCc2cc(C(C)(C)C)c(O)c(C(C)(C)C)c2)cc(C(C)(C)C)c1O.CCCCCCCCOC(=O)CCc1cc(C(C)(C)C)c(O)c(C(C)(C)C)c1.Cc1c(Cc2cc(C(C)(C)C)c(O)c(C(C)(C)C)c2)c(C)c(Cc2cc(C(C)(C)C)c(O)c(C(C)(C)C)c2)c(C)c1Cc1cc(C(C)(C)C)c(O)c(C(C)(C)C)c1. The quantitative estimate of drug-likeness (QED) is 0.0168. The zero-order chi connectivity index (χ0) is 100. The van der Waals surface area contributed by atoms with E-state index in [1.54, 1.807) is 0 Å². The summed E-state index contributed by atoms with van der Waals surface area (Å²) in [5.41, 5.74) is 23.9. The molecule has 0 atom stereocenters. The molecule has 1 amide bonds. The Morgan fingerprint density at radius 2 is 0.466 bits per heavy atom. The Morgan fingerprint density at radius 1 is 0.260 bits per heavy atom. The molecule has 0 fully saturated rings. The summed E-state index contributed by atoms with van der Waals surface area (Å²) < 4.78 is 5.40. The maximum Gasteiger partial charge on any atom is 0.306 e. The molecule has 11 heteroatoms. The summed E-state index contributed by atoms with van der Waals surface area (Å²) in [6, 6.07) is 25.8. The number of rotatable bonds is 30. The Bertz CT molecular complexity index is 4440. The Labute approximate surface area is 798 Å². The number of hydrogen-bond acceptors (Lipinski definition) is 10. The van der Waals surface area contributed by atoms with Gasteiger partial charge in [0.15, 0.2) is 0 Å². The van der Waals surface area contributed by atoms with Crippen LogP contribution in [0.15, 0.2) is 72.8 Å². The monoisotopic (exact) mass is 1800 g/mol. The van der Waals surface area contributed by atoms with Gasteiger partial charge < -0.3 is 40.7 Å². The van der Waals surface area contributed by atoms with E-state index in [2.05, 4.69) is 343 Å². The fourth-order valence-corrected chi connectivity index (χ4v) is 17.9. The van der Waals surface area contributed by atoms with E-state index in [1.165, 1.54) is 75.8 Å². The molecule has 0 aromatic heterocycles. The van der Waals surface area contributed by atoms with E-state index in [1.807, 2.05) is 12.1 Å². The third-order valence-corrected chi connectivity index (χ3v) is 26.2. The van der Waals surface area contributed by atoms with Gasteiger partial charge in [-0.2, -0.15) is 0 Å². The van der Waals surface area contributed by atoms with E-state index in [9.17, 15) is 45.0 Å². The second-order valence-corrected chi connectivity index (χ2v) is 51.0. The average Bonchev–Trinajstić information content (AvgIpc) is 0.750. The molecule has 0 aliphatic carbocycles. The second kappa shape index (κ2) is 44.6. The minimum absolute atomic E-state index is 0.0613. The molecule has 7 N–H and O–H groups in total. The van der Waals surface area contributed by atoms with Gasteiger partial charge in [-0.3, -0.25) is 14.4 Å². The van der Waals surface area contributed by atoms with E-state index in [0.29, 0.717) is 98.4 Å². The highest BCUT2D eigenvalue weighted by Gasteiger charge is 2.35. The van der Waals surface area contributed by atoms with Crippen LogP contribution >= 0.6 is 0 Å². The van der Waals surface area contributed by atoms with E-state index in [-0.39, 0.29) is 76.9 Å². The van der Waals surface area contributed by atoms with Gasteiger partial charge in [0.1, 0.15) is 40.3 Å². The number of hydrogen-bond donors (Lipinski definition) is 7. The Morgan fingerprint density at radius 3 is 0.710 bits per heavy atom. The number of benzene rings is 7. The summed E-state index contributed by atoms with van der Waals surface area (Å²) in [5, 5.41) is 70.7. The molecule has 0 radical (unpaired) electrons. The molecule has 730 valence electrons. The lowest BCUT2D eigenvalue weighted by Crippen LogP contribution is -2.24. The predicted molar refractivity (Wildman–Crippen MR) is 557 cm³/mol. The van der Waals surface area contributed by atoms with Gasteiger partial charge in [-0.05, 0) is 277 Å². The van der Waals surface area contributed by atoms with E-state index < -0.39 is 0 Å². The third kappa shape index (κ3) is 32.9. The Kier molecular flexibility index (Phi) is 38.6. The number of carbonyl (C=O) groups excluding carboxylic acids is 3. The van der Waals surface area contributed by atoms with Crippen LogP contribution in [0.3, 0.4) is 0 Å². The topological polar surface area (TPSA) is 194 Å². The van der Waals surface area contributed by atoms with Gasteiger partial charge in [0.2, 0.25) is 5.91 Å². The number of phenols is 6. The highest BCUT2D eigenvalue weighted by atomic mass is 16.5. The summed E-state index contributed by atoms with van der Waals surface area (Å²) >= 11 is 0. The minimum atomic E-state index is -0.226. The largest absolute Gasteiger partial charge is 0.507 e. The zero-order valence-corrected chi connectivity index (χ0v) is 90.5. The van der Waals surface area contributed by atoms with Gasteiger partial charge in [0.05, 0.1) is 6.61 Å². The van der Waals surface area contributed by atoms with Crippen LogP contribution in [0.25, 0.3) is 0 Å². The fraction of sp³-hybridized carbons (Fsp3) is 0.625. The molecular formula is C120H185NO10. The van der Waals surface area contributed by atoms with Gasteiger partial charge in [0.25, 0.3) is 0 Å². The van der Waals surface area contributed by atoms with Crippen molar-refractivity contribution in [3.05, 3.63) is 206 Å². The number of esters is 1. The molecule has 0 bridgehead atoms. The van der Waals surface area contributed by atoms with Crippen LogP contribution in [0.1, 0.15) is 486 Å². The number of carbonyl (C=O) groups is 3. The van der Waals surface area contributed by atoms with E-state index in [0.717, 1.165) is 148 Å². The van der Waals surface area contributed by atoms with Crippen molar-refractivity contribution in [2.75, 3.05) is 13.2 Å². The molecule has 11 nitrogen and oxygen atoms in total. The lowest BCUT2D eigenvalue weighted by Gasteiger charge is -2.30. The van der Waals surface area contributed by atoms with Crippen molar-refractivity contribution in [1.29, 1.82) is 0 Å². The number of amides is 1. The molecule has 0 aliphatic heterocycles. The van der Waals surface area contributed by atoms with Crippen LogP contribution < -0.4 is 5.32 Å². The zero-order valence-electron chi connectivity index (χ0n) is 90.5. The maximum absolute atomic E-state index is 12.7. The van der Waals surface area contributed by atoms with Crippen molar-refractivity contribution in [2.24, 2.45) is 0 Å². The van der Waals surface area contributed by atoms with Crippen molar-refractivity contribution in [3.63, 3.8) is 0 Å². The van der Waals surface area contributed by atoms with Crippen molar-refractivity contribution >= 4 is 17.7 Å². The number of Topliss-reactive ketones (excluding diaryl/α,β-unsaturated/α-hetero) is 1. The Balaban J connectivity index is 0.000000368. The number of nitrogens with one attached hydrogen (secondary N) is 1. The van der Waals surface area contributed by atoms with Crippen molar-refractivity contribution in [3.8, 4) is 34.5 Å². The van der Waals surface area contributed by atoms with Crippen LogP contribution in [0, 0.1) is 20.8 Å². The first-order valence-corrected chi connectivity index (χ1v) is 49.8. The lowest BCUT2D eigenvalue weighted by atomic mass is 9.75. The van der Waals surface area contributed by atoms with Crippen LogP contribution in [0.5, 0.6) is 34.5 Å². The summed E-state index contributed by atoms with van der Waals surface area (Å²) in [6.45, 7) is 87.5. The summed E-state index contributed by atoms with van der Waals surface area (Å²) in [4.78, 5) is 37.3. The standard InChI is InChI=1S/C54H78O3.C41H65NO4.C25H42O3/c1-31-37(22-34-25-40(49(4,5)6)46(55)41(26-34)50(7,8)9)32(2)39(24-36-29-44(53(16,17)18)48(57)45(30-36)54(19,20)21)33(3)38(31)23-35-27-42(51(10,11)12)47(56)43(28-35)52(13,14)15;1-38(2,3)31-24-28(25-32(36(31)45)39(4,5)6)19-21-30(43)18-16-14-13-15-17-23-42-35(44)22-20-29-26-33(40(7,8)9)37(46)34(27-29)41(10,11)12;1-8-9-10-11-12-13-16-28-22(26)15-14-19-17-20(24(2,3)4)23(27)21(18-19)25(5,6)7/h25-30,55-57H,22-24H2,1-21H3;24-27,45-46H,13-23H2,1-12H3,(H,42,44);17-18,27H,8-16H2,1-7H3. The first-order chi connectivity index (χ1) is 59.5. The molecule has 7 rings (SSSR count). The minimum Gasteiger partial charge on any atom is -0.507 e. The number of unbranched alkanes of at least 4 members (excludes halogenated alkanes) is 9. The molecule has 0 saturated carbocycles. The number of aryl methyl sites for hydroxylation is 3. The maximum atomic E-state index is 12.7. The van der Waals surface area contributed by atoms with Gasteiger partial charge >= 0.3 is 5.97 Å². The van der Waals surface area contributed by atoms with Gasteiger partial charge in [-0.1, -0.05) is 380 Å². The number of ketones is 1. The van der Waals surface area contributed by atoms with Crippen LogP contribution in [-0.2, 0) is 123 Å². The van der Waals surface area contributed by atoms with E-state index >= 15 is 0 Å². The fourth-order valence-electron chi connectivity index (χ4n) is 17.9. The molecule has 131 heavy (non-hydrogen) atoms. The van der Waals surface area contributed by atoms with Gasteiger partial charge in [0, 0.05) is 32.2 Å². The van der Waals surface area contributed by atoms with Crippen LogP contribution in [0.2, 0.25) is 0 Å². The number of aromatic hydroxyl groups is 6. The first-order valence-electron chi connectivity index (χ1n) is 49.8. The van der Waals surface area contributed by atoms with Gasteiger partial charge in [-0.15, -0.1) is 0 Å². The molecule has 0 unspecified atom stereocenters. The van der Waals surface area contributed by atoms with Gasteiger partial charge in [-0.25, -0.2) is 0 Å². The molecule has 0 spiro atoms. The number of phenolic OH excluding ortho intramolecular Hbond substituents is 6. The average molecular weight is 1800 g/mol. The third-order valence-electron chi connectivity index (χ3n) is 26.2. The van der Waals surface area contributed by atoms with Crippen molar-refractivity contribution in [1.82, 2.24) is 5.32 Å². The number of ether oxygens (including phenoxy) is 1. The summed E-state index contributed by atoms with van der Waals surface area (Å²) in [7, 11) is 0. The second-order valence-electron chi connectivity index (χ2n) is 51.0. The first kappa shape index (κ1) is 113. The molecule has 7 aromatic rings. The van der Waals surface area contributed by atoms with Crippen molar-refractivity contribution < 1.29 is 49.8 Å². The molecule has 0 heterocycles. The molecular weight excluding hydrogens is 1620 g/mol. The highest BCUT2D eigenvalue weighted by Crippen LogP contribution is 2.49. The van der Waals surface area contributed by atoms with E-state index in [4.69, 9.17) is 4.74 Å². The molecule has 0 aliphatic rings. The van der Waals surface area contributed by atoms with Crippen molar-refractivity contribution in [2.45, 2.75) is 477 Å². The Hall–Kier alpha value is -8.05. The summed E-state index contributed by atoms with van der Waals surface area (Å²) in [6.07, 6.45) is 18.3.